The number of nitrogens with zero attached hydrogens (tertiary/aromatic N) is 1. The Balaban J connectivity index is 2.20. The van der Waals surface area contributed by atoms with Crippen molar-refractivity contribution in [3.63, 3.8) is 0 Å². The summed E-state index contributed by atoms with van der Waals surface area (Å²) in [5.41, 5.74) is 8.62. The van der Waals surface area contributed by atoms with E-state index in [9.17, 15) is 5.11 Å². The Morgan fingerprint density at radius 3 is 3.15 bits per heavy atom. The fourth-order valence-electron chi connectivity index (χ4n) is 1.92. The van der Waals surface area contributed by atoms with Crippen LogP contribution in [0.1, 0.15) is 35.9 Å². The molecule has 0 saturated heterocycles. The number of nitrogens with one attached hydrogen (secondary N) is 1. The molecule has 1 aromatic rings. The van der Waals surface area contributed by atoms with Gasteiger partial charge in [0.1, 0.15) is 0 Å². The van der Waals surface area contributed by atoms with Crippen LogP contribution in [0.3, 0.4) is 0 Å². The Morgan fingerprint density at radius 2 is 2.38 bits per heavy atom. The molecule has 1 aliphatic rings. The predicted octanol–water partition coefficient (Wildman–Crippen LogP) is 0.281. The monoisotopic (exact) mass is 181 g/mol. The molecule has 13 heavy (non-hydrogen) atoms. The summed E-state index contributed by atoms with van der Waals surface area (Å²) >= 11 is 0. The van der Waals surface area contributed by atoms with E-state index in [1.54, 1.807) is 0 Å². The Kier molecular flexibility index (Phi) is 2.33. The summed E-state index contributed by atoms with van der Waals surface area (Å²) in [5, 5.41) is 16.8. The summed E-state index contributed by atoms with van der Waals surface area (Å²) < 4.78 is 0. The lowest BCUT2D eigenvalue weighted by molar-refractivity contribution is 0.164. The number of aromatic amines is 1. The highest BCUT2D eigenvalue weighted by Gasteiger charge is 2.22. The third-order valence-electron chi connectivity index (χ3n) is 2.59. The number of aromatic nitrogens is 2. The summed E-state index contributed by atoms with van der Waals surface area (Å²) in [6.45, 7) is 0.503. The molecular formula is C9H15N3O. The fourth-order valence-corrected chi connectivity index (χ4v) is 1.92. The van der Waals surface area contributed by atoms with Crippen LogP contribution in [0.5, 0.6) is 0 Å². The van der Waals surface area contributed by atoms with Crippen LogP contribution < -0.4 is 5.73 Å². The van der Waals surface area contributed by atoms with E-state index < -0.39 is 6.10 Å². The first-order valence-electron chi connectivity index (χ1n) is 4.77. The quantitative estimate of drug-likeness (QED) is 0.627. The van der Waals surface area contributed by atoms with Crippen LogP contribution in [0.2, 0.25) is 0 Å². The molecule has 4 heteroatoms. The minimum Gasteiger partial charge on any atom is -0.387 e. The molecule has 0 fully saturated rings. The number of aryl methyl sites for hydroxylation is 1. The van der Waals surface area contributed by atoms with Crippen LogP contribution >= 0.6 is 0 Å². The van der Waals surface area contributed by atoms with Gasteiger partial charge in [0.15, 0.2) is 0 Å². The van der Waals surface area contributed by atoms with Gasteiger partial charge in [0.05, 0.1) is 11.8 Å². The van der Waals surface area contributed by atoms with Crippen LogP contribution in [-0.4, -0.2) is 21.8 Å². The first-order chi connectivity index (χ1) is 6.33. The second kappa shape index (κ2) is 3.47. The predicted molar refractivity (Wildman–Crippen MR) is 49.2 cm³/mol. The minimum atomic E-state index is -0.483. The van der Waals surface area contributed by atoms with Gasteiger partial charge in [-0.1, -0.05) is 0 Å². The number of aliphatic hydroxyl groups is 1. The average Bonchev–Trinajstić information content (AvgIpc) is 2.62. The van der Waals surface area contributed by atoms with Gasteiger partial charge in [-0.2, -0.15) is 5.10 Å². The zero-order valence-corrected chi connectivity index (χ0v) is 7.58. The molecule has 4 nitrogen and oxygen atoms in total. The highest BCUT2D eigenvalue weighted by atomic mass is 16.3. The fraction of sp³-hybridized carbons (Fsp3) is 0.667. The van der Waals surface area contributed by atoms with E-state index in [-0.39, 0.29) is 0 Å². The number of hydrogen-bond donors (Lipinski definition) is 3. The summed E-state index contributed by atoms with van der Waals surface area (Å²) in [4.78, 5) is 0. The molecule has 0 spiro atoms. The van der Waals surface area contributed by atoms with Gasteiger partial charge < -0.3 is 10.8 Å². The molecule has 0 bridgehead atoms. The van der Waals surface area contributed by atoms with Crippen LogP contribution in [0.25, 0.3) is 0 Å². The van der Waals surface area contributed by atoms with Gasteiger partial charge in [-0.15, -0.1) is 0 Å². The molecule has 0 radical (unpaired) electrons. The van der Waals surface area contributed by atoms with Crippen molar-refractivity contribution >= 4 is 0 Å². The van der Waals surface area contributed by atoms with Crippen molar-refractivity contribution in [2.75, 3.05) is 6.54 Å². The van der Waals surface area contributed by atoms with Crippen molar-refractivity contribution in [2.24, 2.45) is 5.73 Å². The summed E-state index contributed by atoms with van der Waals surface area (Å²) in [5.74, 6) is 0. The molecule has 0 aliphatic heterocycles. The van der Waals surface area contributed by atoms with Gasteiger partial charge in [0.25, 0.3) is 0 Å². The Bertz CT molecular complexity index is 295. The van der Waals surface area contributed by atoms with E-state index in [1.807, 2.05) is 0 Å². The molecule has 0 saturated carbocycles. The van der Waals surface area contributed by atoms with Crippen molar-refractivity contribution < 1.29 is 5.11 Å². The summed E-state index contributed by atoms with van der Waals surface area (Å²) in [7, 11) is 0. The van der Waals surface area contributed by atoms with Crippen molar-refractivity contribution in [2.45, 2.75) is 31.8 Å². The van der Waals surface area contributed by atoms with Crippen molar-refractivity contribution in [1.82, 2.24) is 10.2 Å². The maximum Gasteiger partial charge on any atom is 0.0993 e. The minimum absolute atomic E-state index is 0.483. The standard InChI is InChI=1S/C9H15N3O/c10-5-4-8(13)9-6-2-1-3-7(6)11-12-9/h8,13H,1-5,10H2,(H,11,12)/t8-/m0/s1. The third-order valence-corrected chi connectivity index (χ3v) is 2.59. The van der Waals surface area contributed by atoms with Gasteiger partial charge in [0.2, 0.25) is 0 Å². The number of H-pyrrole nitrogens is 1. The molecule has 2 rings (SSSR count). The highest BCUT2D eigenvalue weighted by molar-refractivity contribution is 5.30. The van der Waals surface area contributed by atoms with Gasteiger partial charge >= 0.3 is 0 Å². The van der Waals surface area contributed by atoms with E-state index in [2.05, 4.69) is 10.2 Å². The maximum atomic E-state index is 9.71. The molecule has 1 atom stereocenters. The number of aliphatic hydroxyl groups excluding tert-OH is 1. The highest BCUT2D eigenvalue weighted by Crippen LogP contribution is 2.27. The van der Waals surface area contributed by atoms with Crippen LogP contribution in [0.15, 0.2) is 0 Å². The second-order valence-corrected chi connectivity index (χ2v) is 3.51. The van der Waals surface area contributed by atoms with Crippen LogP contribution in [0, 0.1) is 0 Å². The van der Waals surface area contributed by atoms with E-state index >= 15 is 0 Å². The van der Waals surface area contributed by atoms with E-state index in [0.717, 1.165) is 18.5 Å². The molecule has 0 amide bonds. The second-order valence-electron chi connectivity index (χ2n) is 3.51. The lowest BCUT2D eigenvalue weighted by Crippen LogP contribution is -2.08. The number of rotatable bonds is 3. The first-order valence-corrected chi connectivity index (χ1v) is 4.77. The van der Waals surface area contributed by atoms with Crippen molar-refractivity contribution in [3.8, 4) is 0 Å². The van der Waals surface area contributed by atoms with E-state index in [4.69, 9.17) is 5.73 Å². The van der Waals surface area contributed by atoms with Crippen LogP contribution in [-0.2, 0) is 12.8 Å². The van der Waals surface area contributed by atoms with Gasteiger partial charge in [-0.3, -0.25) is 5.10 Å². The maximum absolute atomic E-state index is 9.71. The van der Waals surface area contributed by atoms with Gasteiger partial charge in [-0.05, 0) is 37.8 Å². The largest absolute Gasteiger partial charge is 0.387 e. The Labute approximate surface area is 77.1 Å². The number of fused-ring (bicyclic) bond motifs is 1. The van der Waals surface area contributed by atoms with Gasteiger partial charge in [0, 0.05) is 5.69 Å². The smallest absolute Gasteiger partial charge is 0.0993 e. The number of nitrogens with two attached hydrogens (primary N) is 1. The first kappa shape index (κ1) is 8.72. The van der Waals surface area contributed by atoms with Gasteiger partial charge in [-0.25, -0.2) is 0 Å². The average molecular weight is 181 g/mol. The third kappa shape index (κ3) is 1.47. The van der Waals surface area contributed by atoms with Crippen LogP contribution in [0.4, 0.5) is 0 Å². The lowest BCUT2D eigenvalue weighted by Gasteiger charge is -2.06. The molecule has 0 aromatic carbocycles. The summed E-state index contributed by atoms with van der Waals surface area (Å²) in [6.07, 6.45) is 3.40. The van der Waals surface area contributed by atoms with Crippen molar-refractivity contribution in [1.29, 1.82) is 0 Å². The summed E-state index contributed by atoms with van der Waals surface area (Å²) in [6, 6.07) is 0. The van der Waals surface area contributed by atoms with Crippen molar-refractivity contribution in [3.05, 3.63) is 17.0 Å². The lowest BCUT2D eigenvalue weighted by atomic mass is 10.1. The molecule has 1 aliphatic carbocycles. The Hall–Kier alpha value is -0.870. The molecule has 1 aromatic heterocycles. The normalized spacial score (nSPS) is 17.4. The molecule has 1 heterocycles. The van der Waals surface area contributed by atoms with E-state index in [1.165, 1.54) is 17.7 Å². The molecule has 72 valence electrons. The SMILES string of the molecule is NCC[C@H](O)c1n[nH]c2c1CCC2. The Morgan fingerprint density at radius 1 is 1.54 bits per heavy atom. The molecular weight excluding hydrogens is 166 g/mol. The molecule has 4 N–H and O–H groups in total. The molecule has 0 unspecified atom stereocenters. The zero-order valence-electron chi connectivity index (χ0n) is 7.58. The topological polar surface area (TPSA) is 74.9 Å². The number of hydrogen-bond acceptors (Lipinski definition) is 3. The van der Waals surface area contributed by atoms with E-state index in [0.29, 0.717) is 13.0 Å². The zero-order chi connectivity index (χ0) is 9.26.